The van der Waals surface area contributed by atoms with Gasteiger partial charge in [-0.2, -0.15) is 5.10 Å². The Hall–Kier alpha value is -2.42. The fourth-order valence-corrected chi connectivity index (χ4v) is 2.21. The van der Waals surface area contributed by atoms with Gasteiger partial charge in [-0.1, -0.05) is 35.9 Å². The van der Waals surface area contributed by atoms with Crippen LogP contribution >= 0.6 is 0 Å². The lowest BCUT2D eigenvalue weighted by molar-refractivity contribution is 0.0954. The van der Waals surface area contributed by atoms with Gasteiger partial charge in [-0.25, -0.2) is 5.43 Å². The van der Waals surface area contributed by atoms with Gasteiger partial charge >= 0.3 is 0 Å². The third-order valence-corrected chi connectivity index (χ3v) is 3.50. The number of amides is 1. The molecule has 0 radical (unpaired) electrons. The average Bonchev–Trinajstić information content (AvgIpc) is 2.47. The molecule has 2 aromatic carbocycles. The topological polar surface area (TPSA) is 41.5 Å². The van der Waals surface area contributed by atoms with Crippen LogP contribution in [-0.4, -0.2) is 11.6 Å². The molecule has 0 aromatic heterocycles. The van der Waals surface area contributed by atoms with Crippen LogP contribution in [0.2, 0.25) is 0 Å². The molecule has 0 aliphatic rings. The van der Waals surface area contributed by atoms with Crippen LogP contribution in [0.4, 0.5) is 0 Å². The molecule has 0 atom stereocenters. The van der Waals surface area contributed by atoms with Crippen LogP contribution in [0, 0.1) is 20.8 Å². The molecule has 0 unspecified atom stereocenters. The number of benzene rings is 2. The van der Waals surface area contributed by atoms with E-state index >= 15 is 0 Å². The van der Waals surface area contributed by atoms with Crippen LogP contribution in [0.5, 0.6) is 0 Å². The van der Waals surface area contributed by atoms with Crippen LogP contribution in [0.1, 0.15) is 39.5 Å². The first-order valence-corrected chi connectivity index (χ1v) is 6.97. The van der Waals surface area contributed by atoms with Crippen molar-refractivity contribution in [2.75, 3.05) is 0 Å². The molecule has 2 aromatic rings. The zero-order valence-electron chi connectivity index (χ0n) is 12.9. The van der Waals surface area contributed by atoms with Gasteiger partial charge in [0, 0.05) is 11.1 Å². The van der Waals surface area contributed by atoms with Crippen molar-refractivity contribution in [2.24, 2.45) is 5.10 Å². The molecule has 21 heavy (non-hydrogen) atoms. The molecule has 2 rings (SSSR count). The molecule has 0 aliphatic heterocycles. The van der Waals surface area contributed by atoms with Crippen molar-refractivity contribution in [3.05, 3.63) is 70.3 Å². The number of aryl methyl sites for hydroxylation is 3. The second kappa shape index (κ2) is 6.35. The van der Waals surface area contributed by atoms with Crippen LogP contribution in [0.15, 0.2) is 47.6 Å². The van der Waals surface area contributed by atoms with Crippen molar-refractivity contribution < 1.29 is 4.79 Å². The van der Waals surface area contributed by atoms with Crippen molar-refractivity contribution >= 4 is 11.6 Å². The normalized spacial score (nSPS) is 11.3. The summed E-state index contributed by atoms with van der Waals surface area (Å²) in [6.07, 6.45) is 0. The lowest BCUT2D eigenvalue weighted by atomic mass is 10.0. The van der Waals surface area contributed by atoms with E-state index in [0.717, 1.165) is 22.4 Å². The monoisotopic (exact) mass is 280 g/mol. The van der Waals surface area contributed by atoms with Gasteiger partial charge in [-0.05, 0) is 51.0 Å². The van der Waals surface area contributed by atoms with E-state index in [9.17, 15) is 4.79 Å². The van der Waals surface area contributed by atoms with Gasteiger partial charge in [-0.15, -0.1) is 0 Å². The molecule has 0 spiro atoms. The Labute approximate surface area is 125 Å². The van der Waals surface area contributed by atoms with E-state index in [0.29, 0.717) is 5.56 Å². The Morgan fingerprint density at radius 3 is 2.33 bits per heavy atom. The Morgan fingerprint density at radius 1 is 0.952 bits per heavy atom. The third kappa shape index (κ3) is 3.57. The highest BCUT2D eigenvalue weighted by Gasteiger charge is 2.08. The van der Waals surface area contributed by atoms with Gasteiger partial charge in [0.25, 0.3) is 5.91 Å². The number of rotatable bonds is 3. The summed E-state index contributed by atoms with van der Waals surface area (Å²) in [7, 11) is 0. The molecule has 0 fully saturated rings. The minimum absolute atomic E-state index is 0.183. The molecule has 3 heteroatoms. The molecular weight excluding hydrogens is 260 g/mol. The van der Waals surface area contributed by atoms with Crippen molar-refractivity contribution in [2.45, 2.75) is 27.7 Å². The Kier molecular flexibility index (Phi) is 4.53. The van der Waals surface area contributed by atoms with Crippen LogP contribution in [0.3, 0.4) is 0 Å². The van der Waals surface area contributed by atoms with Crippen molar-refractivity contribution in [3.8, 4) is 0 Å². The molecule has 0 aliphatic carbocycles. The molecule has 0 heterocycles. The van der Waals surface area contributed by atoms with Gasteiger partial charge in [0.15, 0.2) is 0 Å². The number of carbonyl (C=O) groups is 1. The van der Waals surface area contributed by atoms with Gasteiger partial charge in [0.1, 0.15) is 0 Å². The quantitative estimate of drug-likeness (QED) is 0.675. The molecule has 0 saturated heterocycles. The van der Waals surface area contributed by atoms with Crippen molar-refractivity contribution in [1.29, 1.82) is 0 Å². The van der Waals surface area contributed by atoms with E-state index in [2.05, 4.69) is 28.7 Å². The summed E-state index contributed by atoms with van der Waals surface area (Å²) in [5, 5.41) is 4.23. The van der Waals surface area contributed by atoms with Gasteiger partial charge in [-0.3, -0.25) is 4.79 Å². The molecule has 0 saturated carbocycles. The number of nitrogens with one attached hydrogen (secondary N) is 1. The lowest BCUT2D eigenvalue weighted by Gasteiger charge is -2.08. The predicted molar refractivity (Wildman–Crippen MR) is 86.8 cm³/mol. The molecular formula is C18H20N2O. The Morgan fingerprint density at radius 2 is 1.62 bits per heavy atom. The van der Waals surface area contributed by atoms with Crippen LogP contribution in [-0.2, 0) is 0 Å². The fourth-order valence-electron chi connectivity index (χ4n) is 2.21. The molecule has 1 amide bonds. The van der Waals surface area contributed by atoms with E-state index < -0.39 is 0 Å². The highest BCUT2D eigenvalue weighted by molar-refractivity contribution is 6.02. The van der Waals surface area contributed by atoms with E-state index in [1.807, 2.05) is 45.9 Å². The number of nitrogens with zero attached hydrogens (tertiary/aromatic N) is 1. The first-order valence-electron chi connectivity index (χ1n) is 6.97. The summed E-state index contributed by atoms with van der Waals surface area (Å²) >= 11 is 0. The van der Waals surface area contributed by atoms with Gasteiger partial charge in [0.2, 0.25) is 0 Å². The molecule has 1 N–H and O–H groups in total. The minimum Gasteiger partial charge on any atom is -0.267 e. The standard InChI is InChI=1S/C18H20N2O/c1-12-9-10-14(3)17(11-12)15(4)19-20-18(21)16-8-6-5-7-13(16)2/h5-11H,1-4H3,(H,20,21)/b19-15+. The second-order valence-electron chi connectivity index (χ2n) is 5.27. The van der Waals surface area contributed by atoms with E-state index in [4.69, 9.17) is 0 Å². The Balaban J connectivity index is 2.19. The number of hydrazone groups is 1. The molecule has 3 nitrogen and oxygen atoms in total. The summed E-state index contributed by atoms with van der Waals surface area (Å²) in [5.41, 5.74) is 8.40. The zero-order chi connectivity index (χ0) is 15.4. The van der Waals surface area contributed by atoms with Gasteiger partial charge in [0.05, 0.1) is 5.71 Å². The van der Waals surface area contributed by atoms with Gasteiger partial charge < -0.3 is 0 Å². The molecule has 108 valence electrons. The van der Waals surface area contributed by atoms with Crippen molar-refractivity contribution in [1.82, 2.24) is 5.43 Å². The first kappa shape index (κ1) is 15.0. The number of carbonyl (C=O) groups excluding carboxylic acids is 1. The highest BCUT2D eigenvalue weighted by atomic mass is 16.2. The maximum absolute atomic E-state index is 12.1. The van der Waals surface area contributed by atoms with E-state index in [1.54, 1.807) is 6.07 Å². The largest absolute Gasteiger partial charge is 0.271 e. The summed E-state index contributed by atoms with van der Waals surface area (Å²) in [6, 6.07) is 13.7. The maximum Gasteiger partial charge on any atom is 0.271 e. The zero-order valence-corrected chi connectivity index (χ0v) is 12.9. The number of hydrogen-bond donors (Lipinski definition) is 1. The molecule has 0 bridgehead atoms. The smallest absolute Gasteiger partial charge is 0.267 e. The maximum atomic E-state index is 12.1. The first-order chi connectivity index (χ1) is 9.99. The SMILES string of the molecule is C/C(=N\NC(=O)c1ccccc1C)c1cc(C)ccc1C. The highest BCUT2D eigenvalue weighted by Crippen LogP contribution is 2.12. The predicted octanol–water partition coefficient (Wildman–Crippen LogP) is 3.77. The summed E-state index contributed by atoms with van der Waals surface area (Å²) < 4.78 is 0. The van der Waals surface area contributed by atoms with E-state index in [1.165, 1.54) is 5.56 Å². The summed E-state index contributed by atoms with van der Waals surface area (Å²) in [6.45, 7) is 7.90. The lowest BCUT2D eigenvalue weighted by Crippen LogP contribution is -2.20. The Bertz CT molecular complexity index is 702. The van der Waals surface area contributed by atoms with E-state index in [-0.39, 0.29) is 5.91 Å². The third-order valence-electron chi connectivity index (χ3n) is 3.50. The van der Waals surface area contributed by atoms with Crippen LogP contribution in [0.25, 0.3) is 0 Å². The summed E-state index contributed by atoms with van der Waals surface area (Å²) in [5.74, 6) is -0.183. The second-order valence-corrected chi connectivity index (χ2v) is 5.27. The average molecular weight is 280 g/mol. The summed E-state index contributed by atoms with van der Waals surface area (Å²) in [4.78, 5) is 12.1. The van der Waals surface area contributed by atoms with Crippen molar-refractivity contribution in [3.63, 3.8) is 0 Å². The van der Waals surface area contributed by atoms with Crippen LogP contribution < -0.4 is 5.43 Å². The number of hydrogen-bond acceptors (Lipinski definition) is 2. The minimum atomic E-state index is -0.183. The fraction of sp³-hybridized carbons (Fsp3) is 0.222.